The fourth-order valence-electron chi connectivity index (χ4n) is 1.92. The molecule has 0 radical (unpaired) electrons. The van der Waals surface area contributed by atoms with Crippen LogP contribution in [0.5, 0.6) is 0 Å². The highest BCUT2D eigenvalue weighted by molar-refractivity contribution is 5.92. The Hall–Kier alpha value is -1.58. The molecule has 0 spiro atoms. The number of pyridine rings is 1. The van der Waals surface area contributed by atoms with E-state index in [1.165, 1.54) is 12.8 Å². The monoisotopic (exact) mass is 247 g/mol. The van der Waals surface area contributed by atoms with E-state index in [0.29, 0.717) is 11.6 Å². The SMILES string of the molecule is CNc1ccc(C(=O)N(CC2CC2)C(C)C)nc1. The minimum Gasteiger partial charge on any atom is -0.387 e. The summed E-state index contributed by atoms with van der Waals surface area (Å²) in [6.45, 7) is 4.98. The maximum Gasteiger partial charge on any atom is 0.272 e. The van der Waals surface area contributed by atoms with Gasteiger partial charge in [-0.2, -0.15) is 0 Å². The molecule has 1 fully saturated rings. The van der Waals surface area contributed by atoms with Gasteiger partial charge in [0, 0.05) is 19.6 Å². The standard InChI is InChI=1S/C14H21N3O/c1-10(2)17(9-11-4-5-11)14(18)13-7-6-12(15-3)8-16-13/h6-8,10-11,15H,4-5,9H2,1-3H3. The number of hydrogen-bond donors (Lipinski definition) is 1. The first kappa shape index (κ1) is 12.9. The fourth-order valence-corrected chi connectivity index (χ4v) is 1.92. The van der Waals surface area contributed by atoms with E-state index in [2.05, 4.69) is 24.1 Å². The van der Waals surface area contributed by atoms with Gasteiger partial charge in [0.1, 0.15) is 5.69 Å². The lowest BCUT2D eigenvalue weighted by Crippen LogP contribution is -2.38. The molecule has 0 unspecified atom stereocenters. The van der Waals surface area contributed by atoms with Crippen LogP contribution in [0.15, 0.2) is 18.3 Å². The Morgan fingerprint density at radius 2 is 2.22 bits per heavy atom. The predicted molar refractivity (Wildman–Crippen MR) is 72.7 cm³/mol. The van der Waals surface area contributed by atoms with Crippen molar-refractivity contribution in [3.05, 3.63) is 24.0 Å². The van der Waals surface area contributed by atoms with Crippen molar-refractivity contribution in [1.29, 1.82) is 0 Å². The van der Waals surface area contributed by atoms with E-state index >= 15 is 0 Å². The van der Waals surface area contributed by atoms with Crippen LogP contribution in [0.3, 0.4) is 0 Å². The molecule has 1 N–H and O–H groups in total. The number of anilines is 1. The van der Waals surface area contributed by atoms with Crippen LogP contribution in [0.25, 0.3) is 0 Å². The van der Waals surface area contributed by atoms with Gasteiger partial charge in [0.25, 0.3) is 5.91 Å². The van der Waals surface area contributed by atoms with Crippen LogP contribution >= 0.6 is 0 Å². The summed E-state index contributed by atoms with van der Waals surface area (Å²) in [6.07, 6.45) is 4.20. The molecule has 1 aromatic rings. The largest absolute Gasteiger partial charge is 0.387 e. The van der Waals surface area contributed by atoms with Gasteiger partial charge >= 0.3 is 0 Å². The molecule has 98 valence electrons. The van der Waals surface area contributed by atoms with Crippen molar-refractivity contribution in [1.82, 2.24) is 9.88 Å². The smallest absolute Gasteiger partial charge is 0.272 e. The highest BCUT2D eigenvalue weighted by Crippen LogP contribution is 2.30. The summed E-state index contributed by atoms with van der Waals surface area (Å²) < 4.78 is 0. The molecule has 0 saturated heterocycles. The first-order chi connectivity index (χ1) is 8.61. The van der Waals surface area contributed by atoms with E-state index in [-0.39, 0.29) is 11.9 Å². The molecule has 0 atom stereocenters. The minimum atomic E-state index is 0.0413. The summed E-state index contributed by atoms with van der Waals surface area (Å²) in [5.74, 6) is 0.743. The van der Waals surface area contributed by atoms with Gasteiger partial charge in [-0.25, -0.2) is 4.98 Å². The first-order valence-corrected chi connectivity index (χ1v) is 6.56. The van der Waals surface area contributed by atoms with E-state index in [9.17, 15) is 4.79 Å². The average Bonchev–Trinajstić information content (AvgIpc) is 3.19. The summed E-state index contributed by atoms with van der Waals surface area (Å²) in [5.41, 5.74) is 1.45. The van der Waals surface area contributed by atoms with Gasteiger partial charge in [-0.15, -0.1) is 0 Å². The third-order valence-electron chi connectivity index (χ3n) is 3.31. The Labute approximate surface area is 108 Å². The van der Waals surface area contributed by atoms with Crippen molar-refractivity contribution in [3.63, 3.8) is 0 Å². The fraction of sp³-hybridized carbons (Fsp3) is 0.571. The third kappa shape index (κ3) is 3.00. The molecule has 2 rings (SSSR count). The number of nitrogens with one attached hydrogen (secondary N) is 1. The molecule has 1 saturated carbocycles. The molecule has 0 bridgehead atoms. The molecule has 1 heterocycles. The van der Waals surface area contributed by atoms with Crippen molar-refractivity contribution in [2.45, 2.75) is 32.7 Å². The molecule has 0 aliphatic heterocycles. The lowest BCUT2D eigenvalue weighted by molar-refractivity contribution is 0.0690. The van der Waals surface area contributed by atoms with Gasteiger partial charge in [-0.1, -0.05) is 0 Å². The van der Waals surface area contributed by atoms with Gasteiger partial charge in [0.15, 0.2) is 0 Å². The van der Waals surface area contributed by atoms with E-state index < -0.39 is 0 Å². The highest BCUT2D eigenvalue weighted by Gasteiger charge is 2.29. The van der Waals surface area contributed by atoms with Gasteiger partial charge in [0.2, 0.25) is 0 Å². The predicted octanol–water partition coefficient (Wildman–Crippen LogP) is 2.38. The molecule has 18 heavy (non-hydrogen) atoms. The first-order valence-electron chi connectivity index (χ1n) is 6.56. The number of carbonyl (C=O) groups is 1. The maximum absolute atomic E-state index is 12.4. The lowest BCUT2D eigenvalue weighted by atomic mass is 10.2. The molecule has 4 nitrogen and oxygen atoms in total. The van der Waals surface area contributed by atoms with Crippen LogP contribution in [0.1, 0.15) is 37.2 Å². The number of amides is 1. The van der Waals surface area contributed by atoms with E-state index in [1.807, 2.05) is 18.0 Å². The second kappa shape index (κ2) is 5.38. The molecule has 0 aromatic carbocycles. The Bertz CT molecular complexity index is 410. The van der Waals surface area contributed by atoms with Crippen LogP contribution in [-0.4, -0.2) is 35.4 Å². The van der Waals surface area contributed by atoms with E-state index in [4.69, 9.17) is 0 Å². The van der Waals surface area contributed by atoms with Crippen molar-refractivity contribution < 1.29 is 4.79 Å². The number of carbonyl (C=O) groups excluding carboxylic acids is 1. The van der Waals surface area contributed by atoms with Crippen LogP contribution in [-0.2, 0) is 0 Å². The molecule has 4 heteroatoms. The van der Waals surface area contributed by atoms with Gasteiger partial charge in [-0.05, 0) is 44.7 Å². The average molecular weight is 247 g/mol. The number of nitrogens with zero attached hydrogens (tertiary/aromatic N) is 2. The molecular formula is C14H21N3O. The van der Waals surface area contributed by atoms with Crippen molar-refractivity contribution in [3.8, 4) is 0 Å². The molecule has 1 aliphatic carbocycles. The van der Waals surface area contributed by atoms with Crippen LogP contribution in [0, 0.1) is 5.92 Å². The lowest BCUT2D eigenvalue weighted by Gasteiger charge is -2.26. The number of rotatable bonds is 5. The van der Waals surface area contributed by atoms with Crippen molar-refractivity contribution in [2.75, 3.05) is 18.9 Å². The Morgan fingerprint density at radius 3 is 2.67 bits per heavy atom. The van der Waals surface area contributed by atoms with Gasteiger partial charge < -0.3 is 10.2 Å². The summed E-state index contributed by atoms with van der Waals surface area (Å²) in [6, 6.07) is 3.90. The van der Waals surface area contributed by atoms with Crippen LogP contribution in [0.4, 0.5) is 5.69 Å². The number of aromatic nitrogens is 1. The zero-order valence-corrected chi connectivity index (χ0v) is 11.3. The summed E-state index contributed by atoms with van der Waals surface area (Å²) in [4.78, 5) is 18.5. The van der Waals surface area contributed by atoms with E-state index in [0.717, 1.165) is 12.2 Å². The second-order valence-corrected chi connectivity index (χ2v) is 5.18. The van der Waals surface area contributed by atoms with Crippen LogP contribution in [0.2, 0.25) is 0 Å². The zero-order chi connectivity index (χ0) is 13.1. The summed E-state index contributed by atoms with van der Waals surface area (Å²) in [5, 5.41) is 3.00. The molecule has 1 amide bonds. The Balaban J connectivity index is 2.10. The minimum absolute atomic E-state index is 0.0413. The second-order valence-electron chi connectivity index (χ2n) is 5.18. The Kier molecular flexibility index (Phi) is 3.84. The topological polar surface area (TPSA) is 45.2 Å². The molecule has 1 aromatic heterocycles. The molecular weight excluding hydrogens is 226 g/mol. The van der Waals surface area contributed by atoms with Crippen molar-refractivity contribution in [2.24, 2.45) is 5.92 Å². The van der Waals surface area contributed by atoms with Gasteiger partial charge in [0.05, 0.1) is 11.9 Å². The zero-order valence-electron chi connectivity index (χ0n) is 11.3. The molecule has 1 aliphatic rings. The van der Waals surface area contributed by atoms with Crippen LogP contribution < -0.4 is 5.32 Å². The normalized spacial score (nSPS) is 14.7. The summed E-state index contributed by atoms with van der Waals surface area (Å²) in [7, 11) is 1.84. The number of hydrogen-bond acceptors (Lipinski definition) is 3. The third-order valence-corrected chi connectivity index (χ3v) is 3.31. The summed E-state index contributed by atoms with van der Waals surface area (Å²) >= 11 is 0. The van der Waals surface area contributed by atoms with Crippen molar-refractivity contribution >= 4 is 11.6 Å². The van der Waals surface area contributed by atoms with E-state index in [1.54, 1.807) is 12.3 Å². The van der Waals surface area contributed by atoms with Gasteiger partial charge in [-0.3, -0.25) is 4.79 Å². The maximum atomic E-state index is 12.4. The quantitative estimate of drug-likeness (QED) is 0.869. The highest BCUT2D eigenvalue weighted by atomic mass is 16.2. The Morgan fingerprint density at radius 1 is 1.50 bits per heavy atom.